The average Bonchev–Trinajstić information content (AvgIpc) is 2.97. The Hall–Kier alpha value is -2.36. The molecule has 0 atom stereocenters. The highest BCUT2D eigenvalue weighted by atomic mass is 16.1. The second-order valence-electron chi connectivity index (χ2n) is 5.69. The number of rotatable bonds is 5. The second-order valence-corrected chi connectivity index (χ2v) is 5.69. The van der Waals surface area contributed by atoms with Crippen molar-refractivity contribution in [3.63, 3.8) is 0 Å². The number of hydrogen-bond acceptors (Lipinski definition) is 3. The van der Waals surface area contributed by atoms with E-state index in [2.05, 4.69) is 33.8 Å². The molecule has 1 aromatic carbocycles. The van der Waals surface area contributed by atoms with Crippen LogP contribution in [0, 0.1) is 0 Å². The first-order valence-electron chi connectivity index (χ1n) is 7.89. The molecule has 22 heavy (non-hydrogen) atoms. The number of aromatic nitrogens is 1. The number of nitrogens with one attached hydrogen (secondary N) is 2. The zero-order chi connectivity index (χ0) is 15.4. The molecule has 1 aliphatic carbocycles. The summed E-state index contributed by atoms with van der Waals surface area (Å²) >= 11 is 0. The number of aryl methyl sites for hydroxylation is 2. The van der Waals surface area contributed by atoms with Crippen molar-refractivity contribution in [3.05, 3.63) is 47.7 Å². The third-order valence-electron chi connectivity index (χ3n) is 3.90. The predicted octanol–water partition coefficient (Wildman–Crippen LogP) is 4.05. The highest BCUT2D eigenvalue weighted by Crippen LogP contribution is 2.26. The van der Waals surface area contributed by atoms with Crippen molar-refractivity contribution in [2.24, 2.45) is 0 Å². The van der Waals surface area contributed by atoms with Gasteiger partial charge in [-0.05, 0) is 61.1 Å². The van der Waals surface area contributed by atoms with Crippen molar-refractivity contribution in [1.82, 2.24) is 4.98 Å². The molecule has 2 aromatic rings. The third kappa shape index (κ3) is 3.45. The van der Waals surface area contributed by atoms with Gasteiger partial charge in [0, 0.05) is 12.1 Å². The fraction of sp³-hybridized carbons (Fsp3) is 0.333. The largest absolute Gasteiger partial charge is 0.354 e. The lowest BCUT2D eigenvalue weighted by Crippen LogP contribution is -2.11. The maximum atomic E-state index is 11.5. The lowest BCUT2D eigenvalue weighted by atomic mass is 10.1. The molecule has 0 fully saturated rings. The van der Waals surface area contributed by atoms with E-state index in [1.54, 1.807) is 6.20 Å². The van der Waals surface area contributed by atoms with Crippen LogP contribution in [0.25, 0.3) is 0 Å². The minimum Gasteiger partial charge on any atom is -0.354 e. The van der Waals surface area contributed by atoms with Gasteiger partial charge in [0.15, 0.2) is 0 Å². The summed E-state index contributed by atoms with van der Waals surface area (Å²) in [5, 5.41) is 6.15. The molecule has 1 heterocycles. The van der Waals surface area contributed by atoms with Gasteiger partial charge in [-0.1, -0.05) is 13.0 Å². The van der Waals surface area contributed by atoms with E-state index in [-0.39, 0.29) is 5.91 Å². The lowest BCUT2D eigenvalue weighted by molar-refractivity contribution is -0.116. The summed E-state index contributed by atoms with van der Waals surface area (Å²) in [6.45, 7) is 1.98. The summed E-state index contributed by atoms with van der Waals surface area (Å²) in [6.07, 6.45) is 6.73. The Kier molecular flexibility index (Phi) is 4.37. The lowest BCUT2D eigenvalue weighted by Gasteiger charge is -2.09. The molecule has 3 rings (SSSR count). The Morgan fingerprint density at radius 2 is 1.95 bits per heavy atom. The van der Waals surface area contributed by atoms with Crippen LogP contribution in [0.3, 0.4) is 0 Å². The van der Waals surface area contributed by atoms with E-state index in [4.69, 9.17) is 0 Å². The average molecular weight is 295 g/mol. The summed E-state index contributed by atoms with van der Waals surface area (Å²) in [7, 11) is 0. The molecule has 0 aliphatic heterocycles. The Morgan fingerprint density at radius 1 is 1.14 bits per heavy atom. The molecule has 4 nitrogen and oxygen atoms in total. The topological polar surface area (TPSA) is 54.0 Å². The van der Waals surface area contributed by atoms with Crippen molar-refractivity contribution in [2.75, 3.05) is 10.6 Å². The van der Waals surface area contributed by atoms with E-state index in [9.17, 15) is 4.79 Å². The molecule has 114 valence electrons. The monoisotopic (exact) mass is 295 g/mol. The summed E-state index contributed by atoms with van der Waals surface area (Å²) in [6, 6.07) is 10.3. The first-order chi connectivity index (χ1) is 10.7. The number of hydrogen-bond donors (Lipinski definition) is 2. The van der Waals surface area contributed by atoms with Crippen LogP contribution >= 0.6 is 0 Å². The van der Waals surface area contributed by atoms with Gasteiger partial charge in [-0.2, -0.15) is 0 Å². The van der Waals surface area contributed by atoms with Gasteiger partial charge in [-0.3, -0.25) is 4.79 Å². The van der Waals surface area contributed by atoms with Gasteiger partial charge in [0.05, 0.1) is 11.9 Å². The Labute approximate surface area is 131 Å². The van der Waals surface area contributed by atoms with E-state index in [0.717, 1.165) is 17.8 Å². The van der Waals surface area contributed by atoms with Crippen molar-refractivity contribution in [1.29, 1.82) is 0 Å². The van der Waals surface area contributed by atoms with Crippen LogP contribution in [0.4, 0.5) is 17.2 Å². The molecule has 0 radical (unpaired) electrons. The summed E-state index contributed by atoms with van der Waals surface area (Å²) in [5.41, 5.74) is 4.93. The number of anilines is 3. The molecule has 0 saturated carbocycles. The SMILES string of the molecule is CCCC(=O)Nc1ccc(Nc2ccc3c(c2)CCC3)cn1. The third-order valence-corrected chi connectivity index (χ3v) is 3.90. The van der Waals surface area contributed by atoms with Crippen molar-refractivity contribution < 1.29 is 4.79 Å². The van der Waals surface area contributed by atoms with Gasteiger partial charge < -0.3 is 10.6 Å². The van der Waals surface area contributed by atoms with E-state index in [1.807, 2.05) is 19.1 Å². The number of amides is 1. The molecule has 1 aromatic heterocycles. The first-order valence-corrected chi connectivity index (χ1v) is 7.89. The van der Waals surface area contributed by atoms with Gasteiger partial charge in [0.1, 0.15) is 5.82 Å². The van der Waals surface area contributed by atoms with Crippen LogP contribution < -0.4 is 10.6 Å². The van der Waals surface area contributed by atoms with Crippen LogP contribution in [-0.2, 0) is 17.6 Å². The van der Waals surface area contributed by atoms with Gasteiger partial charge in [0.25, 0.3) is 0 Å². The van der Waals surface area contributed by atoms with Gasteiger partial charge in [-0.25, -0.2) is 4.98 Å². The molecule has 0 bridgehead atoms. The number of carbonyl (C=O) groups is 1. The standard InChI is InChI=1S/C18H21N3O/c1-2-4-18(22)21-17-10-9-16(12-19-17)20-15-8-7-13-5-3-6-14(13)11-15/h7-12,20H,2-6H2,1H3,(H,19,21,22). The van der Waals surface area contributed by atoms with Crippen LogP contribution in [0.15, 0.2) is 36.5 Å². The zero-order valence-electron chi connectivity index (χ0n) is 12.9. The Balaban J connectivity index is 1.64. The molecule has 1 aliphatic rings. The summed E-state index contributed by atoms with van der Waals surface area (Å²) < 4.78 is 0. The maximum Gasteiger partial charge on any atom is 0.225 e. The van der Waals surface area contributed by atoms with Gasteiger partial charge in [-0.15, -0.1) is 0 Å². The molecule has 1 amide bonds. The fourth-order valence-electron chi connectivity index (χ4n) is 2.79. The molecule has 4 heteroatoms. The van der Waals surface area contributed by atoms with Crippen LogP contribution in [0.1, 0.15) is 37.3 Å². The maximum absolute atomic E-state index is 11.5. The van der Waals surface area contributed by atoms with Crippen molar-refractivity contribution in [2.45, 2.75) is 39.0 Å². The fourth-order valence-corrected chi connectivity index (χ4v) is 2.79. The van der Waals surface area contributed by atoms with Crippen molar-refractivity contribution >= 4 is 23.1 Å². The first kappa shape index (κ1) is 14.6. The van der Waals surface area contributed by atoms with E-state index >= 15 is 0 Å². The number of carbonyl (C=O) groups excluding carboxylic acids is 1. The predicted molar refractivity (Wildman–Crippen MR) is 89.5 cm³/mol. The number of nitrogens with zero attached hydrogens (tertiary/aromatic N) is 1. The normalized spacial score (nSPS) is 12.8. The van der Waals surface area contributed by atoms with Crippen LogP contribution in [0.5, 0.6) is 0 Å². The quantitative estimate of drug-likeness (QED) is 0.875. The molecule has 0 unspecified atom stereocenters. The van der Waals surface area contributed by atoms with Crippen LogP contribution in [-0.4, -0.2) is 10.9 Å². The highest BCUT2D eigenvalue weighted by Gasteiger charge is 2.10. The van der Waals surface area contributed by atoms with E-state index < -0.39 is 0 Å². The number of pyridine rings is 1. The Morgan fingerprint density at radius 3 is 2.73 bits per heavy atom. The second kappa shape index (κ2) is 6.60. The molecule has 0 spiro atoms. The van der Waals surface area contributed by atoms with E-state index in [1.165, 1.54) is 30.4 Å². The minimum atomic E-state index is 0.00864. The Bertz CT molecular complexity index is 665. The smallest absolute Gasteiger partial charge is 0.225 e. The summed E-state index contributed by atoms with van der Waals surface area (Å²) in [5.74, 6) is 0.604. The van der Waals surface area contributed by atoms with Crippen LogP contribution in [0.2, 0.25) is 0 Å². The van der Waals surface area contributed by atoms with Gasteiger partial charge in [0.2, 0.25) is 5.91 Å². The van der Waals surface area contributed by atoms with E-state index in [0.29, 0.717) is 12.2 Å². The molecule has 2 N–H and O–H groups in total. The zero-order valence-corrected chi connectivity index (χ0v) is 12.9. The molecular formula is C18H21N3O. The minimum absolute atomic E-state index is 0.00864. The molecule has 0 saturated heterocycles. The van der Waals surface area contributed by atoms with Gasteiger partial charge >= 0.3 is 0 Å². The summed E-state index contributed by atoms with van der Waals surface area (Å²) in [4.78, 5) is 15.8. The number of benzene rings is 1. The highest BCUT2D eigenvalue weighted by molar-refractivity contribution is 5.89. The molecular weight excluding hydrogens is 274 g/mol. The van der Waals surface area contributed by atoms with Crippen molar-refractivity contribution in [3.8, 4) is 0 Å². The number of fused-ring (bicyclic) bond motifs is 1.